The zero-order chi connectivity index (χ0) is 12.9. The fraction of sp³-hybridized carbons (Fsp3) is 0.500. The molecule has 0 saturated heterocycles. The molecule has 0 spiro atoms. The average molecular weight is 256 g/mol. The number of nitrogens with one attached hydrogen (secondary N) is 2. The third kappa shape index (κ3) is 3.80. The fourth-order valence-corrected chi connectivity index (χ4v) is 2.30. The SMILES string of the molecule is CCCNCc1cc(S(=O)(=O)NC)ccc1C. The maximum absolute atomic E-state index is 11.7. The van der Waals surface area contributed by atoms with Crippen LogP contribution in [-0.4, -0.2) is 22.0 Å². The minimum absolute atomic E-state index is 0.318. The molecular weight excluding hydrogens is 236 g/mol. The molecule has 0 amide bonds. The lowest BCUT2D eigenvalue weighted by atomic mass is 10.1. The number of benzene rings is 1. The van der Waals surface area contributed by atoms with Crippen molar-refractivity contribution in [2.45, 2.75) is 31.7 Å². The van der Waals surface area contributed by atoms with Gasteiger partial charge in [0.1, 0.15) is 0 Å². The van der Waals surface area contributed by atoms with Gasteiger partial charge in [-0.25, -0.2) is 13.1 Å². The van der Waals surface area contributed by atoms with Crippen LogP contribution in [0.2, 0.25) is 0 Å². The monoisotopic (exact) mass is 256 g/mol. The molecule has 0 aliphatic rings. The second-order valence-electron chi connectivity index (χ2n) is 3.97. The van der Waals surface area contributed by atoms with Crippen LogP contribution in [0.15, 0.2) is 23.1 Å². The van der Waals surface area contributed by atoms with Crippen molar-refractivity contribution in [3.8, 4) is 0 Å². The van der Waals surface area contributed by atoms with Crippen molar-refractivity contribution in [1.29, 1.82) is 0 Å². The second-order valence-corrected chi connectivity index (χ2v) is 5.86. The molecule has 0 aromatic heterocycles. The van der Waals surface area contributed by atoms with Gasteiger partial charge in [-0.05, 0) is 50.2 Å². The zero-order valence-corrected chi connectivity index (χ0v) is 11.4. The van der Waals surface area contributed by atoms with Crippen LogP contribution in [0.3, 0.4) is 0 Å². The van der Waals surface area contributed by atoms with Crippen LogP contribution in [0, 0.1) is 6.92 Å². The number of hydrogen-bond acceptors (Lipinski definition) is 3. The molecule has 2 N–H and O–H groups in total. The van der Waals surface area contributed by atoms with Gasteiger partial charge >= 0.3 is 0 Å². The maximum Gasteiger partial charge on any atom is 0.240 e. The number of sulfonamides is 1. The van der Waals surface area contributed by atoms with Gasteiger partial charge in [-0.2, -0.15) is 0 Å². The Labute approximate surface area is 103 Å². The molecule has 1 aromatic rings. The van der Waals surface area contributed by atoms with Gasteiger partial charge in [0.05, 0.1) is 4.90 Å². The Morgan fingerprint density at radius 2 is 2.00 bits per heavy atom. The highest BCUT2D eigenvalue weighted by Crippen LogP contribution is 2.15. The predicted molar refractivity (Wildman–Crippen MR) is 69.4 cm³/mol. The first-order chi connectivity index (χ1) is 8.01. The maximum atomic E-state index is 11.7. The minimum atomic E-state index is -3.35. The first kappa shape index (κ1) is 14.2. The van der Waals surface area contributed by atoms with Gasteiger partial charge in [-0.3, -0.25) is 0 Å². The van der Waals surface area contributed by atoms with E-state index in [0.29, 0.717) is 11.4 Å². The van der Waals surface area contributed by atoms with Gasteiger partial charge < -0.3 is 5.32 Å². The minimum Gasteiger partial charge on any atom is -0.313 e. The molecular formula is C12H20N2O2S. The Bertz CT molecular complexity index is 469. The van der Waals surface area contributed by atoms with Crippen molar-refractivity contribution in [3.05, 3.63) is 29.3 Å². The summed E-state index contributed by atoms with van der Waals surface area (Å²) in [6.07, 6.45) is 1.06. The van der Waals surface area contributed by atoms with Crippen molar-refractivity contribution >= 4 is 10.0 Å². The second kappa shape index (κ2) is 6.14. The number of aryl methyl sites for hydroxylation is 1. The number of rotatable bonds is 6. The van der Waals surface area contributed by atoms with E-state index in [9.17, 15) is 8.42 Å². The first-order valence-corrected chi connectivity index (χ1v) is 7.23. The summed E-state index contributed by atoms with van der Waals surface area (Å²) in [6, 6.07) is 5.20. The Morgan fingerprint density at radius 3 is 2.59 bits per heavy atom. The largest absolute Gasteiger partial charge is 0.313 e. The summed E-state index contributed by atoms with van der Waals surface area (Å²) in [5, 5.41) is 3.27. The Kier molecular flexibility index (Phi) is 5.11. The van der Waals surface area contributed by atoms with E-state index in [2.05, 4.69) is 17.0 Å². The molecule has 17 heavy (non-hydrogen) atoms. The topological polar surface area (TPSA) is 58.2 Å². The Balaban J connectivity index is 2.95. The summed E-state index contributed by atoms with van der Waals surface area (Å²) in [5.74, 6) is 0. The van der Waals surface area contributed by atoms with Crippen molar-refractivity contribution in [2.75, 3.05) is 13.6 Å². The lowest BCUT2D eigenvalue weighted by Crippen LogP contribution is -2.20. The Morgan fingerprint density at radius 1 is 1.29 bits per heavy atom. The zero-order valence-electron chi connectivity index (χ0n) is 10.6. The van der Waals surface area contributed by atoms with E-state index in [1.54, 1.807) is 12.1 Å². The molecule has 0 atom stereocenters. The molecule has 96 valence electrons. The van der Waals surface area contributed by atoms with Crippen LogP contribution >= 0.6 is 0 Å². The van der Waals surface area contributed by atoms with Crippen molar-refractivity contribution in [1.82, 2.24) is 10.0 Å². The van der Waals surface area contributed by atoms with Crippen LogP contribution in [0.5, 0.6) is 0 Å². The highest BCUT2D eigenvalue weighted by Gasteiger charge is 2.12. The molecule has 0 aliphatic heterocycles. The lowest BCUT2D eigenvalue weighted by molar-refractivity contribution is 0.588. The van der Waals surface area contributed by atoms with E-state index >= 15 is 0 Å². The lowest BCUT2D eigenvalue weighted by Gasteiger charge is -2.10. The van der Waals surface area contributed by atoms with Crippen LogP contribution < -0.4 is 10.0 Å². The standard InChI is InChI=1S/C12H20N2O2S/c1-4-7-14-9-11-8-12(6-5-10(11)2)17(15,16)13-3/h5-6,8,13-14H,4,7,9H2,1-3H3. The molecule has 0 heterocycles. The summed E-state index contributed by atoms with van der Waals surface area (Å²) in [7, 11) is -1.92. The third-order valence-corrected chi connectivity index (χ3v) is 4.05. The third-order valence-electron chi connectivity index (χ3n) is 2.64. The smallest absolute Gasteiger partial charge is 0.240 e. The van der Waals surface area contributed by atoms with Crippen LogP contribution in [-0.2, 0) is 16.6 Å². The van der Waals surface area contributed by atoms with Crippen LogP contribution in [0.25, 0.3) is 0 Å². The van der Waals surface area contributed by atoms with E-state index in [4.69, 9.17) is 0 Å². The van der Waals surface area contributed by atoms with Gasteiger partial charge in [0.25, 0.3) is 0 Å². The van der Waals surface area contributed by atoms with E-state index < -0.39 is 10.0 Å². The normalized spacial score (nSPS) is 11.7. The van der Waals surface area contributed by atoms with Gasteiger partial charge in [-0.15, -0.1) is 0 Å². The molecule has 1 aromatic carbocycles. The summed E-state index contributed by atoms with van der Waals surface area (Å²) < 4.78 is 25.6. The summed E-state index contributed by atoms with van der Waals surface area (Å²) in [4.78, 5) is 0.318. The van der Waals surface area contributed by atoms with Crippen molar-refractivity contribution in [3.63, 3.8) is 0 Å². The average Bonchev–Trinajstić information content (AvgIpc) is 2.31. The molecule has 0 saturated carbocycles. The van der Waals surface area contributed by atoms with Crippen molar-refractivity contribution in [2.24, 2.45) is 0 Å². The van der Waals surface area contributed by atoms with E-state index in [0.717, 1.165) is 24.1 Å². The van der Waals surface area contributed by atoms with Crippen LogP contribution in [0.4, 0.5) is 0 Å². The molecule has 0 aliphatic carbocycles. The highest BCUT2D eigenvalue weighted by molar-refractivity contribution is 7.89. The van der Waals surface area contributed by atoms with E-state index in [-0.39, 0.29) is 0 Å². The molecule has 0 bridgehead atoms. The quantitative estimate of drug-likeness (QED) is 0.756. The fourth-order valence-electron chi connectivity index (χ4n) is 1.52. The van der Waals surface area contributed by atoms with Gasteiger partial charge in [0, 0.05) is 6.54 Å². The molecule has 0 unspecified atom stereocenters. The summed E-state index contributed by atoms with van der Waals surface area (Å²) in [5.41, 5.74) is 2.12. The number of hydrogen-bond donors (Lipinski definition) is 2. The summed E-state index contributed by atoms with van der Waals surface area (Å²) in [6.45, 7) is 5.72. The molecule has 0 fully saturated rings. The summed E-state index contributed by atoms with van der Waals surface area (Å²) >= 11 is 0. The van der Waals surface area contributed by atoms with Crippen molar-refractivity contribution < 1.29 is 8.42 Å². The first-order valence-electron chi connectivity index (χ1n) is 5.75. The van der Waals surface area contributed by atoms with Gasteiger partial charge in [0.15, 0.2) is 0 Å². The van der Waals surface area contributed by atoms with E-state index in [1.807, 2.05) is 13.0 Å². The molecule has 0 radical (unpaired) electrons. The molecule has 5 heteroatoms. The van der Waals surface area contributed by atoms with E-state index in [1.165, 1.54) is 7.05 Å². The van der Waals surface area contributed by atoms with Gasteiger partial charge in [-0.1, -0.05) is 13.0 Å². The van der Waals surface area contributed by atoms with Crippen LogP contribution in [0.1, 0.15) is 24.5 Å². The Hall–Kier alpha value is -0.910. The highest BCUT2D eigenvalue weighted by atomic mass is 32.2. The predicted octanol–water partition coefficient (Wildman–Crippen LogP) is 1.40. The molecule has 4 nitrogen and oxygen atoms in total. The van der Waals surface area contributed by atoms with Gasteiger partial charge in [0.2, 0.25) is 10.0 Å². The molecule has 1 rings (SSSR count).